The highest BCUT2D eigenvalue weighted by Gasteiger charge is 1.85. The van der Waals surface area contributed by atoms with Gasteiger partial charge in [-0.3, -0.25) is 0 Å². The average molecular weight is 150 g/mol. The Morgan fingerprint density at radius 2 is 2.09 bits per heavy atom. The molecule has 1 nitrogen and oxygen atoms in total. The second-order valence-corrected chi connectivity index (χ2v) is 2.00. The highest BCUT2D eigenvalue weighted by atomic mass is 16.5. The zero-order valence-corrected chi connectivity index (χ0v) is 6.92. The number of hydrogen-bond donors (Lipinski definition) is 0. The summed E-state index contributed by atoms with van der Waals surface area (Å²) < 4.78 is 4.93. The molecule has 0 saturated heterocycles. The van der Waals surface area contributed by atoms with E-state index in [9.17, 15) is 0 Å². The van der Waals surface area contributed by atoms with Crippen molar-refractivity contribution in [3.05, 3.63) is 49.1 Å². The van der Waals surface area contributed by atoms with Crippen molar-refractivity contribution in [1.82, 2.24) is 0 Å². The smallest absolute Gasteiger partial charge is 0.0712 e. The van der Waals surface area contributed by atoms with Gasteiger partial charge in [0.05, 0.1) is 6.61 Å². The van der Waals surface area contributed by atoms with Crippen molar-refractivity contribution in [2.24, 2.45) is 0 Å². The zero-order valence-electron chi connectivity index (χ0n) is 6.92. The zero-order chi connectivity index (χ0) is 8.53. The molecular formula is C10H14O. The lowest BCUT2D eigenvalue weighted by atomic mass is 10.2. The van der Waals surface area contributed by atoms with Gasteiger partial charge in [0.15, 0.2) is 0 Å². The van der Waals surface area contributed by atoms with Crippen molar-refractivity contribution in [2.75, 3.05) is 13.7 Å². The summed E-state index contributed by atoms with van der Waals surface area (Å²) in [6.07, 6.45) is 9.21. The predicted molar refractivity (Wildman–Crippen MR) is 49.5 cm³/mol. The molecule has 1 heteroatoms. The molecule has 0 heterocycles. The molecule has 0 bridgehead atoms. The lowest BCUT2D eigenvalue weighted by Gasteiger charge is -1.96. The normalized spacial score (nSPS) is 11.9. The minimum Gasteiger partial charge on any atom is -0.380 e. The molecule has 0 rings (SSSR count). The first-order valence-electron chi connectivity index (χ1n) is 3.44. The van der Waals surface area contributed by atoms with Crippen LogP contribution in [0, 0.1) is 0 Å². The van der Waals surface area contributed by atoms with E-state index in [0.29, 0.717) is 6.61 Å². The lowest BCUT2D eigenvalue weighted by molar-refractivity contribution is 0.228. The van der Waals surface area contributed by atoms with Gasteiger partial charge < -0.3 is 4.74 Å². The first-order valence-corrected chi connectivity index (χ1v) is 3.44. The van der Waals surface area contributed by atoms with Crippen molar-refractivity contribution in [1.29, 1.82) is 0 Å². The molecule has 0 radical (unpaired) electrons. The van der Waals surface area contributed by atoms with Gasteiger partial charge in [-0.15, -0.1) is 0 Å². The van der Waals surface area contributed by atoms with Crippen molar-refractivity contribution >= 4 is 0 Å². The summed E-state index contributed by atoms with van der Waals surface area (Å²) in [5.41, 5.74) is 1.06. The van der Waals surface area contributed by atoms with Crippen molar-refractivity contribution in [3.63, 3.8) is 0 Å². The fraction of sp³-hybridized carbons (Fsp3) is 0.200. The Morgan fingerprint density at radius 1 is 1.36 bits per heavy atom. The SMILES string of the molecule is C=C/C=C\C=C(/C=C)COC. The van der Waals surface area contributed by atoms with Gasteiger partial charge in [-0.1, -0.05) is 43.5 Å². The van der Waals surface area contributed by atoms with Crippen LogP contribution in [0.1, 0.15) is 0 Å². The summed E-state index contributed by atoms with van der Waals surface area (Å²) in [5, 5.41) is 0. The molecule has 11 heavy (non-hydrogen) atoms. The Bertz CT molecular complexity index is 175. The molecule has 0 spiro atoms. The Morgan fingerprint density at radius 3 is 2.55 bits per heavy atom. The first kappa shape index (κ1) is 9.92. The third-order valence-electron chi connectivity index (χ3n) is 1.13. The summed E-state index contributed by atoms with van der Waals surface area (Å²) in [7, 11) is 1.66. The Labute approximate surface area is 68.4 Å². The van der Waals surface area contributed by atoms with Crippen molar-refractivity contribution in [3.8, 4) is 0 Å². The van der Waals surface area contributed by atoms with Crippen LogP contribution in [0.15, 0.2) is 49.1 Å². The van der Waals surface area contributed by atoms with Crippen LogP contribution in [-0.2, 0) is 4.74 Å². The van der Waals surface area contributed by atoms with Crippen LogP contribution in [0.5, 0.6) is 0 Å². The van der Waals surface area contributed by atoms with Gasteiger partial charge in [-0.25, -0.2) is 0 Å². The largest absolute Gasteiger partial charge is 0.380 e. The van der Waals surface area contributed by atoms with E-state index in [-0.39, 0.29) is 0 Å². The minimum absolute atomic E-state index is 0.602. The number of rotatable bonds is 5. The lowest BCUT2D eigenvalue weighted by Crippen LogP contribution is -1.89. The van der Waals surface area contributed by atoms with E-state index < -0.39 is 0 Å². The maximum Gasteiger partial charge on any atom is 0.0712 e. The topological polar surface area (TPSA) is 9.23 Å². The highest BCUT2D eigenvalue weighted by molar-refractivity contribution is 5.23. The number of ether oxygens (including phenoxy) is 1. The van der Waals surface area contributed by atoms with E-state index in [1.807, 2.05) is 18.2 Å². The molecular weight excluding hydrogens is 136 g/mol. The van der Waals surface area contributed by atoms with Gasteiger partial charge in [-0.2, -0.15) is 0 Å². The van der Waals surface area contributed by atoms with Gasteiger partial charge in [0.1, 0.15) is 0 Å². The van der Waals surface area contributed by atoms with E-state index in [1.54, 1.807) is 19.3 Å². The van der Waals surface area contributed by atoms with Gasteiger partial charge in [0, 0.05) is 7.11 Å². The van der Waals surface area contributed by atoms with Crippen molar-refractivity contribution in [2.45, 2.75) is 0 Å². The Hall–Kier alpha value is -1.08. The molecule has 0 aliphatic carbocycles. The summed E-state index contributed by atoms with van der Waals surface area (Å²) in [6, 6.07) is 0. The van der Waals surface area contributed by atoms with E-state index in [4.69, 9.17) is 4.74 Å². The van der Waals surface area contributed by atoms with Crippen LogP contribution < -0.4 is 0 Å². The second kappa shape index (κ2) is 7.03. The van der Waals surface area contributed by atoms with E-state index in [1.165, 1.54) is 0 Å². The number of allylic oxidation sites excluding steroid dienone is 4. The van der Waals surface area contributed by atoms with E-state index in [0.717, 1.165) is 5.57 Å². The quantitative estimate of drug-likeness (QED) is 0.547. The summed E-state index contributed by atoms with van der Waals surface area (Å²) >= 11 is 0. The molecule has 0 atom stereocenters. The Kier molecular flexibility index (Phi) is 6.34. The molecule has 0 unspecified atom stereocenters. The molecule has 0 aromatic heterocycles. The van der Waals surface area contributed by atoms with Gasteiger partial charge >= 0.3 is 0 Å². The van der Waals surface area contributed by atoms with Gasteiger partial charge in [-0.05, 0) is 5.57 Å². The molecule has 0 aromatic rings. The standard InChI is InChI=1S/C10H14O/c1-4-6-7-8-10(5-2)9-11-3/h4-8H,1-2,9H2,3H3/b7-6-,10-8+. The fourth-order valence-corrected chi connectivity index (χ4v) is 0.599. The van der Waals surface area contributed by atoms with Crippen LogP contribution in [-0.4, -0.2) is 13.7 Å². The molecule has 0 saturated carbocycles. The van der Waals surface area contributed by atoms with E-state index in [2.05, 4.69) is 13.2 Å². The third kappa shape index (κ3) is 5.37. The molecule has 0 aliphatic rings. The number of hydrogen-bond acceptors (Lipinski definition) is 1. The molecule has 0 amide bonds. The third-order valence-corrected chi connectivity index (χ3v) is 1.13. The monoisotopic (exact) mass is 150 g/mol. The molecule has 0 N–H and O–H groups in total. The van der Waals surface area contributed by atoms with Crippen LogP contribution in [0.3, 0.4) is 0 Å². The maximum absolute atomic E-state index is 4.93. The fourth-order valence-electron chi connectivity index (χ4n) is 0.599. The van der Waals surface area contributed by atoms with Crippen LogP contribution in [0.4, 0.5) is 0 Å². The van der Waals surface area contributed by atoms with Gasteiger partial charge in [0.25, 0.3) is 0 Å². The molecule has 0 fully saturated rings. The summed E-state index contributed by atoms with van der Waals surface area (Å²) in [5.74, 6) is 0. The van der Waals surface area contributed by atoms with Crippen LogP contribution >= 0.6 is 0 Å². The number of methoxy groups -OCH3 is 1. The second-order valence-electron chi connectivity index (χ2n) is 2.00. The Balaban J connectivity index is 3.99. The summed E-state index contributed by atoms with van der Waals surface area (Å²) in [4.78, 5) is 0. The predicted octanol–water partition coefficient (Wildman–Crippen LogP) is 2.49. The summed E-state index contributed by atoms with van der Waals surface area (Å²) in [6.45, 7) is 7.81. The van der Waals surface area contributed by atoms with Gasteiger partial charge in [0.2, 0.25) is 0 Å². The van der Waals surface area contributed by atoms with Crippen molar-refractivity contribution < 1.29 is 4.74 Å². The van der Waals surface area contributed by atoms with Crippen LogP contribution in [0.25, 0.3) is 0 Å². The maximum atomic E-state index is 4.93. The average Bonchev–Trinajstić information content (AvgIpc) is 2.03. The molecule has 0 aromatic carbocycles. The minimum atomic E-state index is 0.602. The van der Waals surface area contributed by atoms with E-state index >= 15 is 0 Å². The molecule has 0 aliphatic heterocycles. The highest BCUT2D eigenvalue weighted by Crippen LogP contribution is 1.96. The van der Waals surface area contributed by atoms with Crippen LogP contribution in [0.2, 0.25) is 0 Å². The first-order chi connectivity index (χ1) is 5.35. The molecule has 60 valence electrons.